The summed E-state index contributed by atoms with van der Waals surface area (Å²) < 4.78 is 11.3. The number of hydrogen-bond acceptors (Lipinski definition) is 5. The van der Waals surface area contributed by atoms with Crippen molar-refractivity contribution in [3.8, 4) is 17.2 Å². The van der Waals surface area contributed by atoms with Crippen molar-refractivity contribution in [2.24, 2.45) is 0 Å². The third-order valence-electron chi connectivity index (χ3n) is 2.62. The molecule has 0 spiro atoms. The fourth-order valence-corrected chi connectivity index (χ4v) is 1.76. The van der Waals surface area contributed by atoms with Crippen molar-refractivity contribution < 1.29 is 9.47 Å². The summed E-state index contributed by atoms with van der Waals surface area (Å²) in [6.45, 7) is 1.36. The van der Waals surface area contributed by atoms with Crippen LogP contribution in [0.4, 0.5) is 11.5 Å². The normalized spacial score (nSPS) is 13.1. The summed E-state index contributed by atoms with van der Waals surface area (Å²) in [5, 5.41) is 3.16. The Kier molecular flexibility index (Phi) is 2.64. The molecule has 5 nitrogen and oxygen atoms in total. The molecule has 1 aromatic carbocycles. The number of fused-ring (bicyclic) bond motifs is 1. The Morgan fingerprint density at radius 2 is 2.06 bits per heavy atom. The number of nitrogens with zero attached hydrogens (tertiary/aromatic N) is 1. The average molecular weight is 243 g/mol. The zero-order valence-corrected chi connectivity index (χ0v) is 9.72. The smallest absolute Gasteiger partial charge is 0.204 e. The van der Waals surface area contributed by atoms with E-state index in [9.17, 15) is 0 Å². The minimum Gasteiger partial charge on any atom is -0.485 e. The molecule has 3 rings (SSSR count). The van der Waals surface area contributed by atoms with Gasteiger partial charge in [0.05, 0.1) is 6.54 Å². The van der Waals surface area contributed by atoms with Crippen molar-refractivity contribution in [3.05, 3.63) is 36.5 Å². The average Bonchev–Trinajstić information content (AvgIpc) is 2.42. The first-order valence-corrected chi connectivity index (χ1v) is 5.72. The number of rotatable bonds is 2. The Balaban J connectivity index is 1.90. The predicted octanol–water partition coefficient (Wildman–Crippen LogP) is 2.26. The molecule has 0 aliphatic carbocycles. The SMILES string of the molecule is Nc1ccc(Oc2ccnc3c2OCCN3)cc1. The number of ether oxygens (including phenoxy) is 2. The summed E-state index contributed by atoms with van der Waals surface area (Å²) in [6.07, 6.45) is 1.69. The molecule has 0 bridgehead atoms. The molecule has 2 heterocycles. The minimum absolute atomic E-state index is 0.608. The molecule has 0 unspecified atom stereocenters. The van der Waals surface area contributed by atoms with Gasteiger partial charge in [-0.3, -0.25) is 0 Å². The van der Waals surface area contributed by atoms with Crippen LogP contribution < -0.4 is 20.5 Å². The first-order chi connectivity index (χ1) is 8.83. The van der Waals surface area contributed by atoms with E-state index in [2.05, 4.69) is 10.3 Å². The number of benzene rings is 1. The fraction of sp³-hybridized carbons (Fsp3) is 0.154. The van der Waals surface area contributed by atoms with Gasteiger partial charge in [0.15, 0.2) is 11.6 Å². The van der Waals surface area contributed by atoms with Crippen molar-refractivity contribution in [1.29, 1.82) is 0 Å². The molecule has 5 heteroatoms. The van der Waals surface area contributed by atoms with E-state index >= 15 is 0 Å². The minimum atomic E-state index is 0.608. The summed E-state index contributed by atoms with van der Waals surface area (Å²) in [5.41, 5.74) is 6.34. The number of nitrogens with one attached hydrogen (secondary N) is 1. The van der Waals surface area contributed by atoms with Gasteiger partial charge >= 0.3 is 0 Å². The van der Waals surface area contributed by atoms with Gasteiger partial charge in [0, 0.05) is 18.0 Å². The van der Waals surface area contributed by atoms with Gasteiger partial charge in [-0.05, 0) is 24.3 Å². The van der Waals surface area contributed by atoms with E-state index in [4.69, 9.17) is 15.2 Å². The van der Waals surface area contributed by atoms with Gasteiger partial charge in [0.25, 0.3) is 0 Å². The Labute approximate surface area is 105 Å². The van der Waals surface area contributed by atoms with E-state index in [-0.39, 0.29) is 0 Å². The van der Waals surface area contributed by atoms with Gasteiger partial charge in [0.2, 0.25) is 5.75 Å². The third kappa shape index (κ3) is 2.02. The molecule has 2 aromatic rings. The van der Waals surface area contributed by atoms with Crippen LogP contribution in [-0.4, -0.2) is 18.1 Å². The van der Waals surface area contributed by atoms with Crippen LogP contribution in [-0.2, 0) is 0 Å². The molecule has 0 atom stereocenters. The van der Waals surface area contributed by atoms with Gasteiger partial charge in [-0.2, -0.15) is 0 Å². The van der Waals surface area contributed by atoms with Crippen LogP contribution in [0.1, 0.15) is 0 Å². The summed E-state index contributed by atoms with van der Waals surface area (Å²) >= 11 is 0. The number of anilines is 2. The van der Waals surface area contributed by atoms with E-state index in [0.717, 1.165) is 6.54 Å². The monoisotopic (exact) mass is 243 g/mol. The molecule has 3 N–H and O–H groups in total. The first kappa shape index (κ1) is 10.7. The molecule has 18 heavy (non-hydrogen) atoms. The molecule has 92 valence electrons. The van der Waals surface area contributed by atoms with Crippen LogP contribution in [0.3, 0.4) is 0 Å². The van der Waals surface area contributed by atoms with E-state index in [0.29, 0.717) is 35.4 Å². The number of pyridine rings is 1. The Bertz CT molecular complexity index is 555. The lowest BCUT2D eigenvalue weighted by Gasteiger charge is -2.20. The summed E-state index contributed by atoms with van der Waals surface area (Å²) in [4.78, 5) is 4.20. The standard InChI is InChI=1S/C13H13N3O2/c14-9-1-3-10(4-2-9)18-11-5-6-15-13-12(11)17-8-7-16-13/h1-6H,7-8,14H2,(H,15,16). The van der Waals surface area contributed by atoms with Crippen molar-refractivity contribution >= 4 is 11.5 Å². The summed E-state index contributed by atoms with van der Waals surface area (Å²) in [7, 11) is 0. The summed E-state index contributed by atoms with van der Waals surface area (Å²) in [6, 6.07) is 9.00. The first-order valence-electron chi connectivity index (χ1n) is 5.72. The molecule has 1 aliphatic heterocycles. The molecule has 1 aromatic heterocycles. The largest absolute Gasteiger partial charge is 0.485 e. The van der Waals surface area contributed by atoms with Gasteiger partial charge in [-0.15, -0.1) is 0 Å². The maximum atomic E-state index is 5.77. The maximum Gasteiger partial charge on any atom is 0.204 e. The Morgan fingerprint density at radius 3 is 2.89 bits per heavy atom. The highest BCUT2D eigenvalue weighted by Crippen LogP contribution is 2.37. The van der Waals surface area contributed by atoms with E-state index in [1.54, 1.807) is 24.4 Å². The quantitative estimate of drug-likeness (QED) is 0.792. The second-order valence-corrected chi connectivity index (χ2v) is 3.93. The van der Waals surface area contributed by atoms with Crippen molar-refractivity contribution in [1.82, 2.24) is 4.98 Å². The highest BCUT2D eigenvalue weighted by atomic mass is 16.5. The molecule has 0 amide bonds. The number of aromatic nitrogens is 1. The molecular formula is C13H13N3O2. The third-order valence-corrected chi connectivity index (χ3v) is 2.62. The van der Waals surface area contributed by atoms with Crippen molar-refractivity contribution in [3.63, 3.8) is 0 Å². The van der Waals surface area contributed by atoms with Crippen LogP contribution in [0.2, 0.25) is 0 Å². The Morgan fingerprint density at radius 1 is 1.22 bits per heavy atom. The second-order valence-electron chi connectivity index (χ2n) is 3.93. The molecule has 0 saturated carbocycles. The molecule has 0 saturated heterocycles. The van der Waals surface area contributed by atoms with Crippen LogP contribution in [0.5, 0.6) is 17.2 Å². The van der Waals surface area contributed by atoms with Gasteiger partial charge < -0.3 is 20.5 Å². The Hall–Kier alpha value is -2.43. The molecular weight excluding hydrogens is 230 g/mol. The van der Waals surface area contributed by atoms with Gasteiger partial charge in [-0.1, -0.05) is 0 Å². The van der Waals surface area contributed by atoms with Crippen LogP contribution in [0, 0.1) is 0 Å². The van der Waals surface area contributed by atoms with Crippen molar-refractivity contribution in [2.75, 3.05) is 24.2 Å². The van der Waals surface area contributed by atoms with Crippen LogP contribution in [0.15, 0.2) is 36.5 Å². The predicted molar refractivity (Wildman–Crippen MR) is 69.2 cm³/mol. The number of nitrogens with two attached hydrogens (primary N) is 1. The van der Waals surface area contributed by atoms with E-state index in [1.165, 1.54) is 0 Å². The zero-order valence-electron chi connectivity index (χ0n) is 9.72. The molecule has 0 radical (unpaired) electrons. The highest BCUT2D eigenvalue weighted by Gasteiger charge is 2.16. The topological polar surface area (TPSA) is 69.4 Å². The van der Waals surface area contributed by atoms with E-state index in [1.807, 2.05) is 12.1 Å². The summed E-state index contributed by atoms with van der Waals surface area (Å²) in [5.74, 6) is 2.73. The number of hydrogen-bond donors (Lipinski definition) is 2. The van der Waals surface area contributed by atoms with Crippen LogP contribution in [0.25, 0.3) is 0 Å². The van der Waals surface area contributed by atoms with Gasteiger partial charge in [-0.25, -0.2) is 4.98 Å². The van der Waals surface area contributed by atoms with Crippen molar-refractivity contribution in [2.45, 2.75) is 0 Å². The maximum absolute atomic E-state index is 5.77. The highest BCUT2D eigenvalue weighted by molar-refractivity contribution is 5.60. The lowest BCUT2D eigenvalue weighted by molar-refractivity contribution is 0.304. The molecule has 1 aliphatic rings. The number of nitrogen functional groups attached to an aromatic ring is 1. The molecule has 0 fully saturated rings. The second kappa shape index (κ2) is 4.44. The lowest BCUT2D eigenvalue weighted by atomic mass is 10.3. The zero-order chi connectivity index (χ0) is 12.4. The van der Waals surface area contributed by atoms with Gasteiger partial charge in [0.1, 0.15) is 12.4 Å². The lowest BCUT2D eigenvalue weighted by Crippen LogP contribution is -2.19. The van der Waals surface area contributed by atoms with E-state index < -0.39 is 0 Å². The van der Waals surface area contributed by atoms with Crippen LogP contribution >= 0.6 is 0 Å². The fourth-order valence-electron chi connectivity index (χ4n) is 1.76.